The maximum absolute atomic E-state index is 8.46. The molecular formula is C7H11N3O2. The summed E-state index contributed by atoms with van der Waals surface area (Å²) in [7, 11) is 0. The molecule has 5 nitrogen and oxygen atoms in total. The number of ether oxygens (including phenoxy) is 1. The topological polar surface area (TPSA) is 81.3 Å². The Morgan fingerprint density at radius 1 is 1.50 bits per heavy atom. The van der Waals surface area contributed by atoms with E-state index in [1.165, 1.54) is 12.4 Å². The van der Waals surface area contributed by atoms with Crippen LogP contribution in [0.3, 0.4) is 0 Å². The van der Waals surface area contributed by atoms with Crippen molar-refractivity contribution < 1.29 is 9.84 Å². The average molecular weight is 169 g/mol. The number of aliphatic hydroxyl groups is 1. The highest BCUT2D eigenvalue weighted by Crippen LogP contribution is 2.07. The van der Waals surface area contributed by atoms with E-state index in [1.807, 2.05) is 0 Å². The number of nitrogens with two attached hydrogens (primary N) is 1. The molecule has 0 saturated carbocycles. The van der Waals surface area contributed by atoms with E-state index in [9.17, 15) is 0 Å². The quantitative estimate of drug-likeness (QED) is 0.611. The van der Waals surface area contributed by atoms with Crippen molar-refractivity contribution in [1.82, 2.24) is 9.97 Å². The Hall–Kier alpha value is -1.36. The van der Waals surface area contributed by atoms with Gasteiger partial charge in [-0.15, -0.1) is 0 Å². The van der Waals surface area contributed by atoms with E-state index in [2.05, 4.69) is 9.97 Å². The first-order chi connectivity index (χ1) is 5.83. The lowest BCUT2D eigenvalue weighted by Crippen LogP contribution is -2.02. The summed E-state index contributed by atoms with van der Waals surface area (Å²) in [6.45, 7) is 0.549. The first kappa shape index (κ1) is 8.73. The Labute approximate surface area is 70.2 Å². The standard InChI is InChI=1S/C7H11N3O2/c8-6-4-7(10-5-9-6)12-3-1-2-11/h4-5,11H,1-3H2,(H2,8,9,10). The Morgan fingerprint density at radius 2 is 2.33 bits per heavy atom. The third kappa shape index (κ3) is 2.71. The van der Waals surface area contributed by atoms with Gasteiger partial charge in [-0.25, -0.2) is 9.97 Å². The predicted octanol–water partition coefficient (Wildman–Crippen LogP) is -0.180. The number of hydrogen-bond donors (Lipinski definition) is 2. The summed E-state index contributed by atoms with van der Waals surface area (Å²) in [6, 6.07) is 1.54. The fraction of sp³-hybridized carbons (Fsp3) is 0.429. The van der Waals surface area contributed by atoms with Gasteiger partial charge in [-0.3, -0.25) is 0 Å². The number of aromatic nitrogens is 2. The van der Waals surface area contributed by atoms with E-state index in [0.717, 1.165) is 0 Å². The molecule has 66 valence electrons. The van der Waals surface area contributed by atoms with E-state index in [1.54, 1.807) is 0 Å². The summed E-state index contributed by atoms with van der Waals surface area (Å²) in [5.41, 5.74) is 5.38. The highest BCUT2D eigenvalue weighted by molar-refractivity contribution is 5.30. The smallest absolute Gasteiger partial charge is 0.218 e. The molecule has 5 heteroatoms. The molecule has 0 aromatic carbocycles. The lowest BCUT2D eigenvalue weighted by molar-refractivity contribution is 0.229. The predicted molar refractivity (Wildman–Crippen MR) is 43.6 cm³/mol. The lowest BCUT2D eigenvalue weighted by Gasteiger charge is -2.02. The molecule has 0 spiro atoms. The van der Waals surface area contributed by atoms with Gasteiger partial charge in [0.05, 0.1) is 6.61 Å². The van der Waals surface area contributed by atoms with Crippen molar-refractivity contribution in [2.45, 2.75) is 6.42 Å². The minimum Gasteiger partial charge on any atom is -0.477 e. The van der Waals surface area contributed by atoms with Crippen molar-refractivity contribution in [1.29, 1.82) is 0 Å². The van der Waals surface area contributed by atoms with E-state index in [4.69, 9.17) is 15.6 Å². The first-order valence-corrected chi connectivity index (χ1v) is 3.64. The van der Waals surface area contributed by atoms with Crippen LogP contribution in [-0.4, -0.2) is 28.3 Å². The molecule has 0 unspecified atom stereocenters. The number of aliphatic hydroxyl groups excluding tert-OH is 1. The zero-order valence-corrected chi connectivity index (χ0v) is 6.60. The van der Waals surface area contributed by atoms with Crippen molar-refractivity contribution in [3.63, 3.8) is 0 Å². The third-order valence-corrected chi connectivity index (χ3v) is 1.22. The van der Waals surface area contributed by atoms with Crippen LogP contribution in [0.2, 0.25) is 0 Å². The molecule has 0 amide bonds. The Bertz CT molecular complexity index is 242. The number of hydrogen-bond acceptors (Lipinski definition) is 5. The first-order valence-electron chi connectivity index (χ1n) is 3.64. The van der Waals surface area contributed by atoms with Gasteiger partial charge in [0.25, 0.3) is 0 Å². The van der Waals surface area contributed by atoms with Crippen LogP contribution in [0.1, 0.15) is 6.42 Å². The van der Waals surface area contributed by atoms with Crippen molar-refractivity contribution >= 4 is 5.82 Å². The van der Waals surface area contributed by atoms with E-state index >= 15 is 0 Å². The highest BCUT2D eigenvalue weighted by Gasteiger charge is 1.95. The van der Waals surface area contributed by atoms with Crippen LogP contribution in [0.15, 0.2) is 12.4 Å². The zero-order chi connectivity index (χ0) is 8.81. The molecule has 12 heavy (non-hydrogen) atoms. The second-order valence-electron chi connectivity index (χ2n) is 2.21. The molecular weight excluding hydrogens is 158 g/mol. The lowest BCUT2D eigenvalue weighted by atomic mass is 10.5. The van der Waals surface area contributed by atoms with Gasteiger partial charge in [-0.1, -0.05) is 0 Å². The van der Waals surface area contributed by atoms with Gasteiger partial charge >= 0.3 is 0 Å². The minimum atomic E-state index is 0.112. The van der Waals surface area contributed by atoms with Gasteiger partial charge in [-0.05, 0) is 0 Å². The second-order valence-corrected chi connectivity index (χ2v) is 2.21. The second kappa shape index (κ2) is 4.50. The van der Waals surface area contributed by atoms with Gasteiger partial charge in [0.2, 0.25) is 5.88 Å². The summed E-state index contributed by atoms with van der Waals surface area (Å²) in [5, 5.41) is 8.46. The van der Waals surface area contributed by atoms with E-state index in [-0.39, 0.29) is 6.61 Å². The number of rotatable bonds is 4. The van der Waals surface area contributed by atoms with E-state index < -0.39 is 0 Å². The molecule has 0 fully saturated rings. The van der Waals surface area contributed by atoms with Crippen LogP contribution in [-0.2, 0) is 0 Å². The zero-order valence-electron chi connectivity index (χ0n) is 6.60. The molecule has 0 bridgehead atoms. The molecule has 0 atom stereocenters. The summed E-state index contributed by atoms with van der Waals surface area (Å²) < 4.78 is 5.14. The highest BCUT2D eigenvalue weighted by atomic mass is 16.5. The Balaban J connectivity index is 2.41. The maximum Gasteiger partial charge on any atom is 0.218 e. The number of nitrogens with zero attached hydrogens (tertiary/aromatic N) is 2. The normalized spacial score (nSPS) is 9.75. The summed E-state index contributed by atoms with van der Waals surface area (Å²) in [6.07, 6.45) is 1.92. The largest absolute Gasteiger partial charge is 0.477 e. The van der Waals surface area contributed by atoms with Crippen molar-refractivity contribution in [2.24, 2.45) is 0 Å². The van der Waals surface area contributed by atoms with Gasteiger partial charge in [0.1, 0.15) is 12.1 Å². The molecule has 1 aromatic heterocycles. The van der Waals surface area contributed by atoms with Crippen LogP contribution >= 0.6 is 0 Å². The summed E-state index contributed by atoms with van der Waals surface area (Å²) in [5.74, 6) is 0.819. The van der Waals surface area contributed by atoms with E-state index in [0.29, 0.717) is 24.7 Å². The SMILES string of the molecule is Nc1cc(OCCCO)ncn1. The van der Waals surface area contributed by atoms with Crippen LogP contribution < -0.4 is 10.5 Å². The van der Waals surface area contributed by atoms with Gasteiger partial charge in [0.15, 0.2) is 0 Å². The third-order valence-electron chi connectivity index (χ3n) is 1.22. The van der Waals surface area contributed by atoms with Crippen molar-refractivity contribution in [3.8, 4) is 5.88 Å². The molecule has 3 N–H and O–H groups in total. The summed E-state index contributed by atoms with van der Waals surface area (Å²) >= 11 is 0. The van der Waals surface area contributed by atoms with Crippen molar-refractivity contribution in [3.05, 3.63) is 12.4 Å². The molecule has 1 aromatic rings. The van der Waals surface area contributed by atoms with Gasteiger partial charge < -0.3 is 15.6 Å². The number of nitrogen functional groups attached to an aromatic ring is 1. The molecule has 0 aliphatic carbocycles. The monoisotopic (exact) mass is 169 g/mol. The Morgan fingerprint density at radius 3 is 3.00 bits per heavy atom. The van der Waals surface area contributed by atoms with Crippen LogP contribution in [0, 0.1) is 0 Å². The van der Waals surface area contributed by atoms with Crippen LogP contribution in [0.5, 0.6) is 5.88 Å². The fourth-order valence-electron chi connectivity index (χ4n) is 0.674. The molecule has 0 radical (unpaired) electrons. The van der Waals surface area contributed by atoms with Crippen molar-refractivity contribution in [2.75, 3.05) is 18.9 Å². The van der Waals surface area contributed by atoms with Gasteiger partial charge in [-0.2, -0.15) is 0 Å². The Kier molecular flexibility index (Phi) is 3.28. The van der Waals surface area contributed by atoms with Crippen LogP contribution in [0.25, 0.3) is 0 Å². The molecule has 1 rings (SSSR count). The molecule has 1 heterocycles. The van der Waals surface area contributed by atoms with Gasteiger partial charge in [0, 0.05) is 19.1 Å². The fourth-order valence-corrected chi connectivity index (χ4v) is 0.674. The van der Waals surface area contributed by atoms with Crippen LogP contribution in [0.4, 0.5) is 5.82 Å². The maximum atomic E-state index is 8.46. The average Bonchev–Trinajstić information content (AvgIpc) is 2.05. The minimum absolute atomic E-state index is 0.112. The summed E-state index contributed by atoms with van der Waals surface area (Å²) in [4.78, 5) is 7.52. The number of anilines is 1. The molecule has 0 saturated heterocycles. The molecule has 0 aliphatic rings. The molecule has 0 aliphatic heterocycles.